The number of carbonyl (C=O) groups excluding carboxylic acids is 3. The molecule has 3 amide bonds. The molecule has 1 saturated heterocycles. The molecule has 1 aromatic rings. The highest BCUT2D eigenvalue weighted by atomic mass is 19.1. The second kappa shape index (κ2) is 7.17. The second-order valence-electron chi connectivity index (χ2n) is 5.30. The molecular formula is C15H17F2N3O3. The topological polar surface area (TPSA) is 78.5 Å². The minimum atomic E-state index is -0.966. The van der Waals surface area contributed by atoms with E-state index in [0.29, 0.717) is 19.0 Å². The summed E-state index contributed by atoms with van der Waals surface area (Å²) in [6.07, 6.45) is 0.510. The maximum atomic E-state index is 13.4. The monoisotopic (exact) mass is 325 g/mol. The third-order valence-corrected chi connectivity index (χ3v) is 3.58. The summed E-state index contributed by atoms with van der Waals surface area (Å²) in [6.45, 7) is 0.572. The Morgan fingerprint density at radius 3 is 2.70 bits per heavy atom. The van der Waals surface area contributed by atoms with E-state index in [1.54, 1.807) is 7.05 Å². The van der Waals surface area contributed by atoms with Gasteiger partial charge in [-0.3, -0.25) is 14.4 Å². The third-order valence-electron chi connectivity index (χ3n) is 3.58. The van der Waals surface area contributed by atoms with Crippen LogP contribution >= 0.6 is 0 Å². The van der Waals surface area contributed by atoms with Gasteiger partial charge in [-0.15, -0.1) is 0 Å². The van der Waals surface area contributed by atoms with Crippen molar-refractivity contribution in [2.24, 2.45) is 0 Å². The van der Waals surface area contributed by atoms with Gasteiger partial charge in [0.15, 0.2) is 0 Å². The molecular weight excluding hydrogens is 308 g/mol. The van der Waals surface area contributed by atoms with Crippen LogP contribution in [0.15, 0.2) is 18.2 Å². The van der Waals surface area contributed by atoms with Crippen LogP contribution in [0.5, 0.6) is 0 Å². The van der Waals surface area contributed by atoms with E-state index in [-0.39, 0.29) is 30.3 Å². The van der Waals surface area contributed by atoms with Crippen molar-refractivity contribution in [2.75, 3.05) is 20.1 Å². The predicted octanol–water partition coefficient (Wildman–Crippen LogP) is 0.432. The molecule has 0 spiro atoms. The highest BCUT2D eigenvalue weighted by Gasteiger charge is 2.29. The zero-order chi connectivity index (χ0) is 17.0. The van der Waals surface area contributed by atoms with Gasteiger partial charge >= 0.3 is 0 Å². The molecule has 0 saturated carbocycles. The number of halogens is 2. The fourth-order valence-electron chi connectivity index (χ4n) is 2.28. The van der Waals surface area contributed by atoms with Crippen LogP contribution in [-0.4, -0.2) is 48.8 Å². The minimum Gasteiger partial charge on any atom is -0.351 e. The number of benzene rings is 1. The predicted molar refractivity (Wildman–Crippen MR) is 77.5 cm³/mol. The lowest BCUT2D eigenvalue weighted by Gasteiger charge is -2.12. The second-order valence-corrected chi connectivity index (χ2v) is 5.30. The summed E-state index contributed by atoms with van der Waals surface area (Å²) >= 11 is 0. The highest BCUT2D eigenvalue weighted by molar-refractivity contribution is 5.94. The molecule has 0 aliphatic carbocycles. The van der Waals surface area contributed by atoms with Crippen LogP contribution in [0.25, 0.3) is 0 Å². The molecule has 0 bridgehead atoms. The summed E-state index contributed by atoms with van der Waals surface area (Å²) in [5.41, 5.74) is -0.292. The van der Waals surface area contributed by atoms with Crippen LogP contribution in [0.3, 0.4) is 0 Å². The summed E-state index contributed by atoms with van der Waals surface area (Å²) in [5, 5.41) is 4.96. The van der Waals surface area contributed by atoms with E-state index < -0.39 is 23.6 Å². The lowest BCUT2D eigenvalue weighted by Crippen LogP contribution is -2.41. The van der Waals surface area contributed by atoms with Gasteiger partial charge in [0.25, 0.3) is 5.91 Å². The number of nitrogens with zero attached hydrogens (tertiary/aromatic N) is 1. The SMILES string of the molecule is CN1CC[C@H](NC(=O)CCNC(=O)c2ccc(F)cc2F)C1=O. The van der Waals surface area contributed by atoms with Crippen molar-refractivity contribution in [3.8, 4) is 0 Å². The van der Waals surface area contributed by atoms with Gasteiger partial charge in [-0.2, -0.15) is 0 Å². The number of hydrogen-bond donors (Lipinski definition) is 2. The Morgan fingerprint density at radius 2 is 2.09 bits per heavy atom. The Hall–Kier alpha value is -2.51. The molecule has 1 aliphatic heterocycles. The first kappa shape index (κ1) is 16.9. The number of hydrogen-bond acceptors (Lipinski definition) is 3. The van der Waals surface area contributed by atoms with Crippen molar-refractivity contribution in [3.63, 3.8) is 0 Å². The number of amides is 3. The summed E-state index contributed by atoms with van der Waals surface area (Å²) < 4.78 is 26.2. The number of likely N-dealkylation sites (N-methyl/N-ethyl adjacent to an activating group) is 1. The standard InChI is InChI=1S/C15H17F2N3O3/c1-20-7-5-12(15(20)23)19-13(21)4-6-18-14(22)10-3-2-9(16)8-11(10)17/h2-3,8,12H,4-7H2,1H3,(H,18,22)(H,19,21)/t12-/m0/s1. The van der Waals surface area contributed by atoms with Gasteiger partial charge in [-0.1, -0.05) is 0 Å². The molecule has 8 heteroatoms. The van der Waals surface area contributed by atoms with Crippen molar-refractivity contribution in [2.45, 2.75) is 18.9 Å². The summed E-state index contributed by atoms with van der Waals surface area (Å²) in [6, 6.07) is 2.10. The van der Waals surface area contributed by atoms with Crippen molar-refractivity contribution in [1.29, 1.82) is 0 Å². The Morgan fingerprint density at radius 1 is 1.35 bits per heavy atom. The summed E-state index contributed by atoms with van der Waals surface area (Å²) in [5.74, 6) is -2.99. The first-order chi connectivity index (χ1) is 10.9. The third kappa shape index (κ3) is 4.24. The zero-order valence-electron chi connectivity index (χ0n) is 12.6. The van der Waals surface area contributed by atoms with E-state index in [1.807, 2.05) is 0 Å². The number of carbonyl (C=O) groups is 3. The van der Waals surface area contributed by atoms with E-state index in [1.165, 1.54) is 4.90 Å². The summed E-state index contributed by atoms with van der Waals surface area (Å²) in [4.78, 5) is 36.6. The quantitative estimate of drug-likeness (QED) is 0.824. The average molecular weight is 325 g/mol. The van der Waals surface area contributed by atoms with Crippen LogP contribution in [0, 0.1) is 11.6 Å². The van der Waals surface area contributed by atoms with Crippen molar-refractivity contribution in [3.05, 3.63) is 35.4 Å². The molecule has 1 aliphatic rings. The van der Waals surface area contributed by atoms with E-state index in [4.69, 9.17) is 0 Å². The van der Waals surface area contributed by atoms with Crippen LogP contribution < -0.4 is 10.6 Å². The summed E-state index contributed by atoms with van der Waals surface area (Å²) in [7, 11) is 1.66. The number of rotatable bonds is 5. The fraction of sp³-hybridized carbons (Fsp3) is 0.400. The van der Waals surface area contributed by atoms with Gasteiger partial charge in [0, 0.05) is 32.6 Å². The molecule has 0 aromatic heterocycles. The molecule has 23 heavy (non-hydrogen) atoms. The van der Waals surface area contributed by atoms with E-state index in [0.717, 1.165) is 12.1 Å². The van der Waals surface area contributed by atoms with Gasteiger partial charge < -0.3 is 15.5 Å². The largest absolute Gasteiger partial charge is 0.351 e. The molecule has 6 nitrogen and oxygen atoms in total. The molecule has 1 heterocycles. The lowest BCUT2D eigenvalue weighted by atomic mass is 10.2. The van der Waals surface area contributed by atoms with Crippen LogP contribution in [0.2, 0.25) is 0 Å². The lowest BCUT2D eigenvalue weighted by molar-refractivity contribution is -0.131. The number of nitrogens with one attached hydrogen (secondary N) is 2. The van der Waals surface area contributed by atoms with Gasteiger partial charge in [0.2, 0.25) is 11.8 Å². The van der Waals surface area contributed by atoms with Gasteiger partial charge in [-0.05, 0) is 18.6 Å². The smallest absolute Gasteiger partial charge is 0.254 e. The number of likely N-dealkylation sites (tertiary alicyclic amines) is 1. The fourth-order valence-corrected chi connectivity index (χ4v) is 2.28. The van der Waals surface area contributed by atoms with Crippen LogP contribution in [0.1, 0.15) is 23.2 Å². The van der Waals surface area contributed by atoms with Gasteiger partial charge in [-0.25, -0.2) is 8.78 Å². The Balaban J connectivity index is 1.77. The van der Waals surface area contributed by atoms with E-state index >= 15 is 0 Å². The van der Waals surface area contributed by atoms with Crippen molar-refractivity contribution in [1.82, 2.24) is 15.5 Å². The first-order valence-corrected chi connectivity index (χ1v) is 7.16. The van der Waals surface area contributed by atoms with E-state index in [2.05, 4.69) is 10.6 Å². The molecule has 2 rings (SSSR count). The molecule has 1 atom stereocenters. The van der Waals surface area contributed by atoms with Crippen molar-refractivity contribution < 1.29 is 23.2 Å². The highest BCUT2D eigenvalue weighted by Crippen LogP contribution is 2.10. The molecule has 2 N–H and O–H groups in total. The maximum Gasteiger partial charge on any atom is 0.254 e. The first-order valence-electron chi connectivity index (χ1n) is 7.16. The molecule has 1 aromatic carbocycles. The molecule has 1 fully saturated rings. The van der Waals surface area contributed by atoms with Gasteiger partial charge in [0.05, 0.1) is 5.56 Å². The molecule has 0 radical (unpaired) electrons. The Kier molecular flexibility index (Phi) is 5.25. The Labute approximate surface area is 131 Å². The van der Waals surface area contributed by atoms with Gasteiger partial charge in [0.1, 0.15) is 17.7 Å². The van der Waals surface area contributed by atoms with Crippen LogP contribution in [-0.2, 0) is 9.59 Å². The molecule has 0 unspecified atom stereocenters. The normalized spacial score (nSPS) is 17.3. The van der Waals surface area contributed by atoms with E-state index in [9.17, 15) is 23.2 Å². The minimum absolute atomic E-state index is 0.0156. The maximum absolute atomic E-state index is 13.4. The Bertz CT molecular complexity index is 636. The van der Waals surface area contributed by atoms with Crippen LogP contribution in [0.4, 0.5) is 8.78 Å². The average Bonchev–Trinajstić information content (AvgIpc) is 2.79. The zero-order valence-corrected chi connectivity index (χ0v) is 12.6. The van der Waals surface area contributed by atoms with Crippen molar-refractivity contribution >= 4 is 17.7 Å². The molecule has 124 valence electrons.